The van der Waals surface area contributed by atoms with Crippen LogP contribution in [0.4, 0.5) is 19.0 Å². The van der Waals surface area contributed by atoms with Crippen LogP contribution in [0.25, 0.3) is 22.2 Å². The lowest BCUT2D eigenvalue weighted by Gasteiger charge is -2.45. The first-order chi connectivity index (χ1) is 16.2. The predicted octanol–water partition coefficient (Wildman–Crippen LogP) is 4.40. The number of phenols is 1. The van der Waals surface area contributed by atoms with E-state index in [0.717, 1.165) is 38.3 Å². The van der Waals surface area contributed by atoms with Crippen molar-refractivity contribution in [1.82, 2.24) is 20.1 Å². The molecular weight excluding hydrogens is 447 g/mol. The molecule has 1 aromatic carbocycles. The zero-order valence-corrected chi connectivity index (χ0v) is 18.6. The minimum Gasteiger partial charge on any atom is -0.507 e. The lowest BCUT2D eigenvalue weighted by molar-refractivity contribution is -0.137. The van der Waals surface area contributed by atoms with Gasteiger partial charge in [-0.1, -0.05) is 0 Å². The SMILES string of the molecule is CC(=O)N1CCCC12CCN(c1nnc(-c3ccc(C(F)(F)F)cc3O)c3cccnc13)CC2. The number of hydrogen-bond donors (Lipinski definition) is 1. The molecule has 0 atom stereocenters. The summed E-state index contributed by atoms with van der Waals surface area (Å²) in [5.41, 5.74) is -0.0479. The molecule has 10 heteroatoms. The zero-order chi connectivity index (χ0) is 24.1. The zero-order valence-electron chi connectivity index (χ0n) is 18.6. The van der Waals surface area contributed by atoms with Gasteiger partial charge in [-0.05, 0) is 56.0 Å². The van der Waals surface area contributed by atoms with Crippen molar-refractivity contribution >= 4 is 22.6 Å². The van der Waals surface area contributed by atoms with E-state index in [1.807, 2.05) is 4.90 Å². The van der Waals surface area contributed by atoms with E-state index < -0.39 is 17.5 Å². The van der Waals surface area contributed by atoms with Crippen LogP contribution in [-0.2, 0) is 11.0 Å². The molecule has 0 radical (unpaired) electrons. The Hall–Kier alpha value is -3.43. The lowest BCUT2D eigenvalue weighted by Crippen LogP contribution is -2.53. The average molecular weight is 471 g/mol. The van der Waals surface area contributed by atoms with Gasteiger partial charge < -0.3 is 14.9 Å². The number of fused-ring (bicyclic) bond motifs is 1. The van der Waals surface area contributed by atoms with Gasteiger partial charge in [0.25, 0.3) is 0 Å². The summed E-state index contributed by atoms with van der Waals surface area (Å²) in [5.74, 6) is 0.180. The van der Waals surface area contributed by atoms with Crippen molar-refractivity contribution in [2.45, 2.75) is 44.3 Å². The van der Waals surface area contributed by atoms with Gasteiger partial charge >= 0.3 is 6.18 Å². The fourth-order valence-corrected chi connectivity index (χ4v) is 5.38. The largest absolute Gasteiger partial charge is 0.507 e. The first-order valence-electron chi connectivity index (χ1n) is 11.2. The standard InChI is InChI=1S/C24H24F3N5O2/c1-15(33)32-11-3-7-23(32)8-12-31(13-9-23)22-21-18(4-2-10-28-21)20(29-30-22)17-6-5-16(14-19(17)34)24(25,26)27/h2,4-6,10,14,34H,3,7-9,11-13H2,1H3. The number of piperidine rings is 1. The first-order valence-corrected chi connectivity index (χ1v) is 11.2. The van der Waals surface area contributed by atoms with Crippen molar-refractivity contribution < 1.29 is 23.1 Å². The number of aromatic nitrogens is 3. The van der Waals surface area contributed by atoms with Crippen LogP contribution in [-0.4, -0.2) is 56.3 Å². The van der Waals surface area contributed by atoms with Crippen molar-refractivity contribution in [1.29, 1.82) is 0 Å². The number of likely N-dealkylation sites (tertiary alicyclic amines) is 1. The number of carbonyl (C=O) groups is 1. The second-order valence-electron chi connectivity index (χ2n) is 8.99. The second kappa shape index (κ2) is 8.11. The molecule has 2 aliphatic rings. The molecule has 34 heavy (non-hydrogen) atoms. The summed E-state index contributed by atoms with van der Waals surface area (Å²) < 4.78 is 39.0. The van der Waals surface area contributed by atoms with Crippen LogP contribution < -0.4 is 4.90 Å². The Morgan fingerprint density at radius 1 is 1.09 bits per heavy atom. The third kappa shape index (κ3) is 3.70. The maximum atomic E-state index is 13.0. The molecule has 2 saturated heterocycles. The minimum atomic E-state index is -4.56. The fraction of sp³-hybridized carbons (Fsp3) is 0.417. The van der Waals surface area contributed by atoms with Crippen LogP contribution in [0.2, 0.25) is 0 Å². The van der Waals surface area contributed by atoms with Crippen molar-refractivity contribution in [2.75, 3.05) is 24.5 Å². The number of carbonyl (C=O) groups excluding carboxylic acids is 1. The second-order valence-corrected chi connectivity index (χ2v) is 8.99. The number of rotatable bonds is 2. The molecule has 1 N–H and O–H groups in total. The minimum absolute atomic E-state index is 0.106. The molecule has 5 rings (SSSR count). The van der Waals surface area contributed by atoms with Gasteiger partial charge in [0, 0.05) is 49.2 Å². The van der Waals surface area contributed by atoms with Crippen LogP contribution >= 0.6 is 0 Å². The summed E-state index contributed by atoms with van der Waals surface area (Å²) in [6.07, 6.45) is 0.725. The molecule has 3 aromatic rings. The van der Waals surface area contributed by atoms with Gasteiger partial charge in [-0.3, -0.25) is 9.78 Å². The van der Waals surface area contributed by atoms with Gasteiger partial charge in [-0.15, -0.1) is 10.2 Å². The van der Waals surface area contributed by atoms with E-state index in [4.69, 9.17) is 0 Å². The van der Waals surface area contributed by atoms with E-state index in [9.17, 15) is 23.1 Å². The fourth-order valence-electron chi connectivity index (χ4n) is 5.38. The highest BCUT2D eigenvalue weighted by Crippen LogP contribution is 2.42. The van der Waals surface area contributed by atoms with Crippen LogP contribution in [0, 0.1) is 0 Å². The third-order valence-corrected chi connectivity index (χ3v) is 7.07. The highest BCUT2D eigenvalue weighted by molar-refractivity contribution is 5.98. The molecule has 0 unspecified atom stereocenters. The van der Waals surface area contributed by atoms with E-state index >= 15 is 0 Å². The number of hydrogen-bond acceptors (Lipinski definition) is 6. The van der Waals surface area contributed by atoms with Crippen LogP contribution in [0.15, 0.2) is 36.5 Å². The number of pyridine rings is 1. The number of aromatic hydroxyl groups is 1. The van der Waals surface area contributed by atoms with E-state index in [1.165, 1.54) is 6.07 Å². The van der Waals surface area contributed by atoms with Gasteiger partial charge in [-0.25, -0.2) is 0 Å². The Balaban J connectivity index is 1.48. The number of phenolic OH excluding ortho intramolecular Hbond substituents is 1. The van der Waals surface area contributed by atoms with Gasteiger partial charge in [0.05, 0.1) is 5.56 Å². The summed E-state index contributed by atoms with van der Waals surface area (Å²) in [5, 5.41) is 19.6. The quantitative estimate of drug-likeness (QED) is 0.597. The maximum absolute atomic E-state index is 13.0. The molecule has 0 saturated carbocycles. The van der Waals surface area contributed by atoms with Gasteiger partial charge in [0.2, 0.25) is 5.91 Å². The van der Waals surface area contributed by atoms with E-state index in [-0.39, 0.29) is 22.7 Å². The Morgan fingerprint density at radius 2 is 1.85 bits per heavy atom. The number of anilines is 1. The maximum Gasteiger partial charge on any atom is 0.416 e. The summed E-state index contributed by atoms with van der Waals surface area (Å²) >= 11 is 0. The van der Waals surface area contributed by atoms with Gasteiger partial charge in [-0.2, -0.15) is 13.2 Å². The third-order valence-electron chi connectivity index (χ3n) is 7.07. The molecule has 2 aliphatic heterocycles. The lowest BCUT2D eigenvalue weighted by atomic mass is 9.85. The smallest absolute Gasteiger partial charge is 0.416 e. The normalized spacial score (nSPS) is 18.1. The molecular formula is C24H24F3N5O2. The van der Waals surface area contributed by atoms with E-state index in [0.29, 0.717) is 35.9 Å². The summed E-state index contributed by atoms with van der Waals surface area (Å²) in [7, 11) is 0. The number of benzene rings is 1. The molecule has 1 spiro atoms. The Bertz CT molecular complexity index is 1260. The van der Waals surface area contributed by atoms with Gasteiger partial charge in [0.15, 0.2) is 5.82 Å². The van der Waals surface area contributed by atoms with Crippen LogP contribution in [0.1, 0.15) is 38.2 Å². The summed E-state index contributed by atoms with van der Waals surface area (Å²) in [6.45, 7) is 3.80. The molecule has 2 aromatic heterocycles. The molecule has 1 amide bonds. The highest BCUT2D eigenvalue weighted by Gasteiger charge is 2.44. The molecule has 2 fully saturated rings. The molecule has 0 aliphatic carbocycles. The summed E-state index contributed by atoms with van der Waals surface area (Å²) in [6, 6.07) is 6.30. The number of nitrogens with zero attached hydrogens (tertiary/aromatic N) is 5. The number of halogens is 3. The van der Waals surface area contributed by atoms with Crippen LogP contribution in [0.3, 0.4) is 0 Å². The first kappa shape index (κ1) is 22.4. The molecule has 0 bridgehead atoms. The van der Waals surface area contributed by atoms with Crippen molar-refractivity contribution in [3.05, 3.63) is 42.1 Å². The van der Waals surface area contributed by atoms with E-state index in [2.05, 4.69) is 20.1 Å². The highest BCUT2D eigenvalue weighted by atomic mass is 19.4. The predicted molar refractivity (Wildman–Crippen MR) is 120 cm³/mol. The average Bonchev–Trinajstić information content (AvgIpc) is 3.22. The number of amides is 1. The number of alkyl halides is 3. The topological polar surface area (TPSA) is 82.5 Å². The van der Waals surface area contributed by atoms with E-state index in [1.54, 1.807) is 25.3 Å². The van der Waals surface area contributed by atoms with Crippen molar-refractivity contribution in [3.8, 4) is 17.0 Å². The molecule has 7 nitrogen and oxygen atoms in total. The Morgan fingerprint density at radius 3 is 2.53 bits per heavy atom. The monoisotopic (exact) mass is 471 g/mol. The van der Waals surface area contributed by atoms with Crippen molar-refractivity contribution in [2.24, 2.45) is 0 Å². The van der Waals surface area contributed by atoms with Crippen LogP contribution in [0.5, 0.6) is 5.75 Å². The molecule has 4 heterocycles. The van der Waals surface area contributed by atoms with Gasteiger partial charge in [0.1, 0.15) is 17.0 Å². The Labute approximate surface area is 194 Å². The molecule has 178 valence electrons. The Kier molecular flexibility index (Phi) is 5.33. The summed E-state index contributed by atoms with van der Waals surface area (Å²) in [4.78, 5) is 20.7. The van der Waals surface area contributed by atoms with Crippen molar-refractivity contribution in [3.63, 3.8) is 0 Å².